The van der Waals surface area contributed by atoms with Gasteiger partial charge in [-0.2, -0.15) is 0 Å². The molecule has 1 heterocycles. The zero-order valence-electron chi connectivity index (χ0n) is 11.6. The minimum atomic E-state index is 0.163. The largest absolute Gasteiger partial charge is 0.493 e. The van der Waals surface area contributed by atoms with Gasteiger partial charge in [0.25, 0.3) is 0 Å². The van der Waals surface area contributed by atoms with Crippen LogP contribution in [0.25, 0.3) is 11.0 Å². The Morgan fingerprint density at radius 1 is 1.42 bits per heavy atom. The van der Waals surface area contributed by atoms with E-state index in [0.717, 1.165) is 35.4 Å². The van der Waals surface area contributed by atoms with E-state index < -0.39 is 0 Å². The van der Waals surface area contributed by atoms with E-state index in [2.05, 4.69) is 30.1 Å². The van der Waals surface area contributed by atoms with Crippen LogP contribution in [-0.2, 0) is 0 Å². The van der Waals surface area contributed by atoms with Crippen LogP contribution in [0.3, 0.4) is 0 Å². The van der Waals surface area contributed by atoms with Gasteiger partial charge in [0.2, 0.25) is 0 Å². The molecule has 2 aromatic rings. The molecule has 100 valence electrons. The van der Waals surface area contributed by atoms with Crippen LogP contribution in [0.2, 0.25) is 0 Å². The molecule has 0 saturated carbocycles. The fourth-order valence-corrected chi connectivity index (χ4v) is 2.01. The number of fused-ring (bicyclic) bond motifs is 1. The van der Waals surface area contributed by atoms with Crippen molar-refractivity contribution < 1.29 is 9.15 Å². The normalized spacial score (nSPS) is 11.9. The summed E-state index contributed by atoms with van der Waals surface area (Å²) in [5.41, 5.74) is 0.807. The highest BCUT2D eigenvalue weighted by molar-refractivity contribution is 5.83. The van der Waals surface area contributed by atoms with Gasteiger partial charge in [-0.3, -0.25) is 0 Å². The van der Waals surface area contributed by atoms with Crippen LogP contribution in [0.1, 0.15) is 32.1 Å². The summed E-state index contributed by atoms with van der Waals surface area (Å²) < 4.78 is 11.2. The lowest BCUT2D eigenvalue weighted by Gasteiger charge is -2.09. The molecule has 0 spiro atoms. The first-order valence-electron chi connectivity index (χ1n) is 6.45. The summed E-state index contributed by atoms with van der Waals surface area (Å²) in [5, 5.41) is 4.46. The maximum absolute atomic E-state index is 5.89. The zero-order valence-corrected chi connectivity index (χ0v) is 11.6. The van der Waals surface area contributed by atoms with Crippen LogP contribution in [0, 0.1) is 11.8 Å². The molecule has 1 atom stereocenters. The Hall–Kier alpha value is -1.92. The number of hydrogen-bond acceptors (Lipinski definition) is 3. The second-order valence-electron chi connectivity index (χ2n) is 4.38. The molecule has 1 N–H and O–H groups in total. The molecule has 0 bridgehead atoms. The highest BCUT2D eigenvalue weighted by atomic mass is 16.5. The minimum Gasteiger partial charge on any atom is -0.493 e. The fourth-order valence-electron chi connectivity index (χ4n) is 2.01. The molecular formula is C16H19NO2. The number of methoxy groups -OCH3 is 1. The minimum absolute atomic E-state index is 0.163. The topological polar surface area (TPSA) is 34.4 Å². The van der Waals surface area contributed by atoms with Crippen molar-refractivity contribution in [1.82, 2.24) is 5.32 Å². The van der Waals surface area contributed by atoms with Crippen LogP contribution < -0.4 is 10.1 Å². The summed E-state index contributed by atoms with van der Waals surface area (Å²) in [6, 6.07) is 8.12. The number of hydrogen-bond donors (Lipinski definition) is 1. The van der Waals surface area contributed by atoms with Crippen molar-refractivity contribution in [3.63, 3.8) is 0 Å². The van der Waals surface area contributed by atoms with Gasteiger partial charge in [0, 0.05) is 18.4 Å². The highest BCUT2D eigenvalue weighted by Crippen LogP contribution is 2.30. The predicted molar refractivity (Wildman–Crippen MR) is 77.3 cm³/mol. The molecule has 0 fully saturated rings. The number of benzene rings is 1. The lowest BCUT2D eigenvalue weighted by atomic mass is 10.2. The van der Waals surface area contributed by atoms with Crippen molar-refractivity contribution in [2.75, 3.05) is 13.7 Å². The van der Waals surface area contributed by atoms with E-state index in [9.17, 15) is 0 Å². The zero-order chi connectivity index (χ0) is 13.7. The summed E-state index contributed by atoms with van der Waals surface area (Å²) in [6.45, 7) is 4.80. The number of para-hydroxylation sites is 1. The molecule has 19 heavy (non-hydrogen) atoms. The molecule has 0 aliphatic rings. The summed E-state index contributed by atoms with van der Waals surface area (Å²) in [6.07, 6.45) is 0.852. The molecular weight excluding hydrogens is 238 g/mol. The Morgan fingerprint density at radius 3 is 3.00 bits per heavy atom. The first-order valence-corrected chi connectivity index (χ1v) is 6.45. The summed E-state index contributed by atoms with van der Waals surface area (Å²) in [7, 11) is 1.65. The number of rotatable bonds is 5. The molecule has 1 aromatic heterocycles. The summed E-state index contributed by atoms with van der Waals surface area (Å²) in [5.74, 6) is 7.62. The monoisotopic (exact) mass is 257 g/mol. The van der Waals surface area contributed by atoms with Crippen LogP contribution in [0.15, 0.2) is 28.7 Å². The van der Waals surface area contributed by atoms with Crippen molar-refractivity contribution in [3.05, 3.63) is 30.0 Å². The van der Waals surface area contributed by atoms with E-state index in [0.29, 0.717) is 0 Å². The quantitative estimate of drug-likeness (QED) is 0.657. The molecule has 2 rings (SSSR count). The molecule has 0 radical (unpaired) electrons. The third kappa shape index (κ3) is 3.10. The highest BCUT2D eigenvalue weighted by Gasteiger charge is 2.13. The van der Waals surface area contributed by atoms with Gasteiger partial charge in [-0.05, 0) is 26.0 Å². The van der Waals surface area contributed by atoms with Crippen molar-refractivity contribution in [3.8, 4) is 17.6 Å². The molecule has 0 saturated heterocycles. The van der Waals surface area contributed by atoms with Gasteiger partial charge < -0.3 is 14.5 Å². The van der Waals surface area contributed by atoms with Crippen molar-refractivity contribution in [2.24, 2.45) is 0 Å². The molecule has 0 aliphatic heterocycles. The van der Waals surface area contributed by atoms with Crippen molar-refractivity contribution >= 4 is 11.0 Å². The van der Waals surface area contributed by atoms with E-state index in [1.165, 1.54) is 0 Å². The molecule has 3 heteroatoms. The third-order valence-corrected chi connectivity index (χ3v) is 3.05. The number of nitrogens with one attached hydrogen (secondary N) is 1. The van der Waals surface area contributed by atoms with Crippen LogP contribution in [0.5, 0.6) is 5.75 Å². The van der Waals surface area contributed by atoms with Gasteiger partial charge in [-0.25, -0.2) is 0 Å². The fraction of sp³-hybridized carbons (Fsp3) is 0.375. The van der Waals surface area contributed by atoms with Crippen LogP contribution in [-0.4, -0.2) is 13.7 Å². The molecule has 3 nitrogen and oxygen atoms in total. The van der Waals surface area contributed by atoms with E-state index >= 15 is 0 Å². The predicted octanol–water partition coefficient (Wildman–Crippen LogP) is 3.51. The Balaban J connectivity index is 2.13. The molecule has 1 aromatic carbocycles. The second-order valence-corrected chi connectivity index (χ2v) is 4.38. The maximum Gasteiger partial charge on any atom is 0.176 e. The number of ether oxygens (including phenoxy) is 1. The first kappa shape index (κ1) is 13.5. The molecule has 0 amide bonds. The molecule has 1 unspecified atom stereocenters. The Labute approximate surface area is 113 Å². The van der Waals surface area contributed by atoms with Crippen molar-refractivity contribution in [2.45, 2.75) is 26.3 Å². The van der Waals surface area contributed by atoms with E-state index in [4.69, 9.17) is 9.15 Å². The average molecular weight is 257 g/mol. The molecule has 0 aliphatic carbocycles. The smallest absolute Gasteiger partial charge is 0.176 e. The lowest BCUT2D eigenvalue weighted by molar-refractivity contribution is 0.400. The van der Waals surface area contributed by atoms with Gasteiger partial charge in [0.1, 0.15) is 5.76 Å². The van der Waals surface area contributed by atoms with E-state index in [1.807, 2.05) is 25.1 Å². The average Bonchev–Trinajstić information content (AvgIpc) is 2.87. The van der Waals surface area contributed by atoms with Gasteiger partial charge in [0.05, 0.1) is 13.2 Å². The summed E-state index contributed by atoms with van der Waals surface area (Å²) >= 11 is 0. The van der Waals surface area contributed by atoms with Gasteiger partial charge >= 0.3 is 0 Å². The third-order valence-electron chi connectivity index (χ3n) is 3.05. The van der Waals surface area contributed by atoms with E-state index in [-0.39, 0.29) is 6.04 Å². The van der Waals surface area contributed by atoms with Crippen LogP contribution >= 0.6 is 0 Å². The van der Waals surface area contributed by atoms with Gasteiger partial charge in [0.15, 0.2) is 11.3 Å². The van der Waals surface area contributed by atoms with E-state index in [1.54, 1.807) is 7.11 Å². The van der Waals surface area contributed by atoms with Gasteiger partial charge in [-0.1, -0.05) is 12.1 Å². The second kappa shape index (κ2) is 6.31. The summed E-state index contributed by atoms with van der Waals surface area (Å²) in [4.78, 5) is 0. The Bertz CT molecular complexity index is 604. The van der Waals surface area contributed by atoms with Crippen molar-refractivity contribution in [1.29, 1.82) is 0 Å². The lowest BCUT2D eigenvalue weighted by Crippen LogP contribution is -2.18. The standard InChI is InChI=1S/C16H19NO2/c1-4-5-6-10-17-12(2)15-11-13-8-7-9-14(18-3)16(13)19-15/h7-9,11-12,17H,6,10H2,1-3H3. The Morgan fingerprint density at radius 2 is 2.26 bits per heavy atom. The Kier molecular flexibility index (Phi) is 4.48. The number of furan rings is 1. The SMILES string of the molecule is CC#CCCNC(C)c1cc2cccc(OC)c2o1. The maximum atomic E-state index is 5.89. The van der Waals surface area contributed by atoms with Crippen LogP contribution in [0.4, 0.5) is 0 Å². The first-order chi connectivity index (χ1) is 9.26. The van der Waals surface area contributed by atoms with Gasteiger partial charge in [-0.15, -0.1) is 11.8 Å².